The molecule has 156 valence electrons. The zero-order valence-corrected chi connectivity index (χ0v) is 17.4. The molecule has 0 aliphatic carbocycles. The van der Waals surface area contributed by atoms with Gasteiger partial charge in [0.2, 0.25) is 5.95 Å². The Bertz CT molecular complexity index is 843. The van der Waals surface area contributed by atoms with E-state index in [0.29, 0.717) is 5.92 Å². The van der Waals surface area contributed by atoms with Gasteiger partial charge in [0.05, 0.1) is 5.69 Å². The predicted molar refractivity (Wildman–Crippen MR) is 114 cm³/mol. The summed E-state index contributed by atoms with van der Waals surface area (Å²) in [7, 11) is 0. The Hall–Kier alpha value is -2.28. The van der Waals surface area contributed by atoms with Crippen molar-refractivity contribution in [1.29, 1.82) is 0 Å². The zero-order chi connectivity index (χ0) is 20.1. The lowest BCUT2D eigenvalue weighted by Crippen LogP contribution is -2.36. The van der Waals surface area contributed by atoms with Crippen LogP contribution in [0.25, 0.3) is 0 Å². The summed E-state index contributed by atoms with van der Waals surface area (Å²) in [5.41, 5.74) is 2.06. The van der Waals surface area contributed by atoms with E-state index < -0.39 is 0 Å². The average molecular weight is 397 g/mol. The van der Waals surface area contributed by atoms with Crippen molar-refractivity contribution < 1.29 is 0 Å². The Balaban J connectivity index is 1.44. The minimum atomic E-state index is -0.0346. The number of hydrogen-bond acceptors (Lipinski definition) is 6. The second kappa shape index (κ2) is 9.48. The van der Waals surface area contributed by atoms with Crippen LogP contribution in [0, 0.1) is 0 Å². The van der Waals surface area contributed by atoms with E-state index in [1.54, 1.807) is 6.07 Å². The molecule has 2 aliphatic heterocycles. The summed E-state index contributed by atoms with van der Waals surface area (Å²) in [5, 5.41) is 0. The highest BCUT2D eigenvalue weighted by Crippen LogP contribution is 2.27. The standard InChI is InChI=1S/C22H32N6O/c1-2-7-20-23-13-17(14-24-20)15-27-9-6-8-18(16-27)19-12-21(29)26-22(25-19)28-10-4-3-5-11-28/h12-14,18H,2-11,15-16H2,1H3,(H,25,26,29). The van der Waals surface area contributed by atoms with Crippen LogP contribution in [0.1, 0.15) is 68.4 Å². The second-order valence-electron chi connectivity index (χ2n) is 8.37. The van der Waals surface area contributed by atoms with Crippen molar-refractivity contribution >= 4 is 5.95 Å². The first-order chi connectivity index (χ1) is 14.2. The molecule has 4 rings (SSSR count). The molecule has 7 heteroatoms. The first-order valence-corrected chi connectivity index (χ1v) is 11.1. The number of aromatic amines is 1. The minimum absolute atomic E-state index is 0.0346. The predicted octanol–water partition coefficient (Wildman–Crippen LogP) is 2.88. The molecule has 2 fully saturated rings. The summed E-state index contributed by atoms with van der Waals surface area (Å²) in [6.45, 7) is 6.95. The monoisotopic (exact) mass is 396 g/mol. The fourth-order valence-corrected chi connectivity index (χ4v) is 4.44. The maximum absolute atomic E-state index is 12.3. The molecule has 1 unspecified atom stereocenters. The number of H-pyrrole nitrogens is 1. The van der Waals surface area contributed by atoms with E-state index >= 15 is 0 Å². The minimum Gasteiger partial charge on any atom is -0.342 e. The summed E-state index contributed by atoms with van der Waals surface area (Å²) < 4.78 is 0. The highest BCUT2D eigenvalue weighted by Gasteiger charge is 2.24. The Morgan fingerprint density at radius 3 is 2.66 bits per heavy atom. The van der Waals surface area contributed by atoms with Crippen LogP contribution in [0.15, 0.2) is 23.3 Å². The number of aryl methyl sites for hydroxylation is 1. The second-order valence-corrected chi connectivity index (χ2v) is 8.37. The largest absolute Gasteiger partial charge is 0.342 e. The topological polar surface area (TPSA) is 78.0 Å². The molecule has 0 radical (unpaired) electrons. The fourth-order valence-electron chi connectivity index (χ4n) is 4.44. The molecule has 0 saturated carbocycles. The van der Waals surface area contributed by atoms with Gasteiger partial charge in [-0.15, -0.1) is 0 Å². The van der Waals surface area contributed by atoms with E-state index in [1.807, 2.05) is 12.4 Å². The van der Waals surface area contributed by atoms with Gasteiger partial charge < -0.3 is 4.90 Å². The van der Waals surface area contributed by atoms with Gasteiger partial charge in [-0.05, 0) is 45.1 Å². The van der Waals surface area contributed by atoms with Crippen molar-refractivity contribution in [2.75, 3.05) is 31.1 Å². The number of nitrogens with one attached hydrogen (secondary N) is 1. The Morgan fingerprint density at radius 1 is 1.10 bits per heavy atom. The number of anilines is 1. The lowest BCUT2D eigenvalue weighted by atomic mass is 9.94. The molecule has 2 saturated heterocycles. The number of hydrogen-bond donors (Lipinski definition) is 1. The van der Waals surface area contributed by atoms with Crippen LogP contribution in [0.2, 0.25) is 0 Å². The van der Waals surface area contributed by atoms with E-state index in [0.717, 1.165) is 81.4 Å². The van der Waals surface area contributed by atoms with Crippen LogP contribution in [0.5, 0.6) is 0 Å². The van der Waals surface area contributed by atoms with Gasteiger partial charge in [-0.3, -0.25) is 14.7 Å². The zero-order valence-electron chi connectivity index (χ0n) is 17.4. The van der Waals surface area contributed by atoms with Crippen LogP contribution in [-0.4, -0.2) is 51.0 Å². The van der Waals surface area contributed by atoms with Gasteiger partial charge in [-0.1, -0.05) is 6.92 Å². The van der Waals surface area contributed by atoms with E-state index in [4.69, 9.17) is 4.98 Å². The number of aromatic nitrogens is 4. The molecule has 7 nitrogen and oxygen atoms in total. The van der Waals surface area contributed by atoms with E-state index in [1.165, 1.54) is 19.3 Å². The molecule has 29 heavy (non-hydrogen) atoms. The third-order valence-corrected chi connectivity index (χ3v) is 5.97. The van der Waals surface area contributed by atoms with Crippen LogP contribution >= 0.6 is 0 Å². The Kier molecular flexibility index (Phi) is 6.54. The SMILES string of the molecule is CCCc1ncc(CN2CCCC(c3cc(=O)[nH]c(N4CCCCC4)n3)C2)cn1. The molecule has 0 aromatic carbocycles. The van der Waals surface area contributed by atoms with Crippen molar-refractivity contribution in [3.8, 4) is 0 Å². The molecular weight excluding hydrogens is 364 g/mol. The van der Waals surface area contributed by atoms with Crippen molar-refractivity contribution in [3.63, 3.8) is 0 Å². The molecule has 2 aliphatic rings. The third kappa shape index (κ3) is 5.21. The molecule has 2 aromatic rings. The lowest BCUT2D eigenvalue weighted by molar-refractivity contribution is 0.198. The van der Waals surface area contributed by atoms with Gasteiger partial charge in [-0.2, -0.15) is 0 Å². The molecule has 0 spiro atoms. The molecular formula is C22H32N6O. The van der Waals surface area contributed by atoms with Crippen LogP contribution < -0.4 is 10.5 Å². The Labute approximate surface area is 172 Å². The molecule has 4 heterocycles. The summed E-state index contributed by atoms with van der Waals surface area (Å²) in [4.78, 5) is 33.8. The summed E-state index contributed by atoms with van der Waals surface area (Å²) >= 11 is 0. The highest BCUT2D eigenvalue weighted by atomic mass is 16.1. The molecule has 0 bridgehead atoms. The molecule has 1 N–H and O–H groups in total. The highest BCUT2D eigenvalue weighted by molar-refractivity contribution is 5.31. The average Bonchev–Trinajstić information content (AvgIpc) is 2.76. The van der Waals surface area contributed by atoms with E-state index in [9.17, 15) is 4.79 Å². The summed E-state index contributed by atoms with van der Waals surface area (Å²) in [5.74, 6) is 1.98. The third-order valence-electron chi connectivity index (χ3n) is 5.97. The lowest BCUT2D eigenvalue weighted by Gasteiger charge is -2.33. The van der Waals surface area contributed by atoms with E-state index in [2.05, 4.69) is 31.7 Å². The van der Waals surface area contributed by atoms with Gasteiger partial charge in [0.25, 0.3) is 5.56 Å². The number of rotatable bonds is 6. The molecule has 1 atom stereocenters. The first kappa shape index (κ1) is 20.0. The van der Waals surface area contributed by atoms with Crippen molar-refractivity contribution in [2.45, 2.75) is 64.3 Å². The number of piperidine rings is 2. The molecule has 2 aromatic heterocycles. The van der Waals surface area contributed by atoms with Gasteiger partial charge in [-0.25, -0.2) is 15.0 Å². The normalized spacial score (nSPS) is 20.7. The fraction of sp³-hybridized carbons (Fsp3) is 0.636. The first-order valence-electron chi connectivity index (χ1n) is 11.1. The summed E-state index contributed by atoms with van der Waals surface area (Å²) in [6.07, 6.45) is 11.7. The van der Waals surface area contributed by atoms with Crippen molar-refractivity contribution in [3.05, 3.63) is 45.9 Å². The molecule has 0 amide bonds. The number of likely N-dealkylation sites (tertiary alicyclic amines) is 1. The maximum atomic E-state index is 12.3. The van der Waals surface area contributed by atoms with Crippen LogP contribution in [0.4, 0.5) is 5.95 Å². The smallest absolute Gasteiger partial charge is 0.252 e. The maximum Gasteiger partial charge on any atom is 0.252 e. The van der Waals surface area contributed by atoms with Gasteiger partial charge >= 0.3 is 0 Å². The quantitative estimate of drug-likeness (QED) is 0.809. The number of nitrogens with zero attached hydrogens (tertiary/aromatic N) is 5. The van der Waals surface area contributed by atoms with Crippen molar-refractivity contribution in [2.24, 2.45) is 0 Å². The van der Waals surface area contributed by atoms with Crippen molar-refractivity contribution in [1.82, 2.24) is 24.8 Å². The van der Waals surface area contributed by atoms with Gasteiger partial charge in [0.1, 0.15) is 5.82 Å². The van der Waals surface area contributed by atoms with Crippen LogP contribution in [-0.2, 0) is 13.0 Å². The van der Waals surface area contributed by atoms with Gasteiger partial charge in [0.15, 0.2) is 0 Å². The van der Waals surface area contributed by atoms with Gasteiger partial charge in [0, 0.05) is 62.5 Å². The van der Waals surface area contributed by atoms with Crippen LogP contribution in [0.3, 0.4) is 0 Å². The Morgan fingerprint density at radius 2 is 1.90 bits per heavy atom. The summed E-state index contributed by atoms with van der Waals surface area (Å²) in [6, 6.07) is 1.70. The van der Waals surface area contributed by atoms with E-state index in [-0.39, 0.29) is 5.56 Å².